The van der Waals surface area contributed by atoms with Gasteiger partial charge in [-0.1, -0.05) is 30.3 Å². The van der Waals surface area contributed by atoms with Crippen LogP contribution in [0.25, 0.3) is 0 Å². The van der Waals surface area contributed by atoms with E-state index in [1.807, 2.05) is 7.05 Å². The van der Waals surface area contributed by atoms with E-state index < -0.39 is 34.4 Å². The van der Waals surface area contributed by atoms with Crippen LogP contribution in [0.1, 0.15) is 10.4 Å². The SMILES string of the molecule is CN1CCN(C(=O)c2ccccc2S(=O)(=O)N2C(=O)CN(c3ccccc3)C2=O)CC1. The lowest BCUT2D eigenvalue weighted by molar-refractivity contribution is -0.121. The summed E-state index contributed by atoms with van der Waals surface area (Å²) in [5, 5.41) is 0. The van der Waals surface area contributed by atoms with Crippen LogP contribution in [0.2, 0.25) is 0 Å². The number of likely N-dealkylation sites (N-methyl/N-ethyl adjacent to an activating group) is 1. The zero-order valence-corrected chi connectivity index (χ0v) is 17.8. The highest BCUT2D eigenvalue weighted by Crippen LogP contribution is 2.28. The normalized spacial score (nSPS) is 18.0. The molecule has 0 bridgehead atoms. The molecule has 0 N–H and O–H groups in total. The number of carbonyl (C=O) groups excluding carboxylic acids is 3. The zero-order chi connectivity index (χ0) is 22.2. The summed E-state index contributed by atoms with van der Waals surface area (Å²) in [7, 11) is -2.62. The van der Waals surface area contributed by atoms with Crippen LogP contribution >= 0.6 is 0 Å². The summed E-state index contributed by atoms with van der Waals surface area (Å²) in [4.78, 5) is 43.0. The fraction of sp³-hybridized carbons (Fsp3) is 0.286. The molecule has 2 fully saturated rings. The highest BCUT2D eigenvalue weighted by Gasteiger charge is 2.46. The van der Waals surface area contributed by atoms with E-state index >= 15 is 0 Å². The first-order valence-corrected chi connectivity index (χ1v) is 11.3. The van der Waals surface area contributed by atoms with E-state index in [0.717, 1.165) is 4.90 Å². The van der Waals surface area contributed by atoms with Crippen LogP contribution in [0, 0.1) is 0 Å². The number of carbonyl (C=O) groups is 3. The average molecular weight is 442 g/mol. The lowest BCUT2D eigenvalue weighted by Crippen LogP contribution is -2.47. The number of hydrogen-bond acceptors (Lipinski definition) is 6. The second kappa shape index (κ2) is 8.12. The van der Waals surface area contributed by atoms with Crippen molar-refractivity contribution >= 4 is 33.6 Å². The molecule has 0 radical (unpaired) electrons. The molecular formula is C21H22N4O5S. The summed E-state index contributed by atoms with van der Waals surface area (Å²) in [6, 6.07) is 13.1. The first-order chi connectivity index (χ1) is 14.8. The van der Waals surface area contributed by atoms with Crippen molar-refractivity contribution < 1.29 is 22.8 Å². The van der Waals surface area contributed by atoms with Gasteiger partial charge in [0.25, 0.3) is 21.8 Å². The summed E-state index contributed by atoms with van der Waals surface area (Å²) in [6.07, 6.45) is 0. The van der Waals surface area contributed by atoms with E-state index in [0.29, 0.717) is 31.9 Å². The molecule has 0 saturated carbocycles. The van der Waals surface area contributed by atoms with Gasteiger partial charge in [-0.05, 0) is 31.3 Å². The van der Waals surface area contributed by atoms with Crippen LogP contribution in [-0.2, 0) is 14.8 Å². The summed E-state index contributed by atoms with van der Waals surface area (Å²) in [6.45, 7) is 1.89. The highest BCUT2D eigenvalue weighted by atomic mass is 32.2. The Morgan fingerprint density at radius 2 is 1.48 bits per heavy atom. The van der Waals surface area contributed by atoms with Gasteiger partial charge in [0, 0.05) is 31.9 Å². The van der Waals surface area contributed by atoms with Gasteiger partial charge in [-0.15, -0.1) is 4.31 Å². The van der Waals surface area contributed by atoms with E-state index in [2.05, 4.69) is 4.90 Å². The van der Waals surface area contributed by atoms with Crippen molar-refractivity contribution in [3.8, 4) is 0 Å². The van der Waals surface area contributed by atoms with Gasteiger partial charge < -0.3 is 9.80 Å². The van der Waals surface area contributed by atoms with Gasteiger partial charge in [-0.3, -0.25) is 14.5 Å². The molecule has 162 valence electrons. The van der Waals surface area contributed by atoms with Gasteiger partial charge in [0.1, 0.15) is 11.4 Å². The van der Waals surface area contributed by atoms with Gasteiger partial charge in [-0.25, -0.2) is 13.2 Å². The molecule has 4 rings (SSSR count). The van der Waals surface area contributed by atoms with Crippen molar-refractivity contribution in [3.63, 3.8) is 0 Å². The molecule has 2 aromatic carbocycles. The molecule has 0 atom stereocenters. The number of hydrogen-bond donors (Lipinski definition) is 0. The molecule has 2 aromatic rings. The van der Waals surface area contributed by atoms with Gasteiger partial charge in [0.05, 0.1) is 5.56 Å². The molecule has 0 unspecified atom stereocenters. The molecule has 0 aliphatic carbocycles. The number of amides is 4. The van der Waals surface area contributed by atoms with Crippen molar-refractivity contribution in [3.05, 3.63) is 60.2 Å². The molecule has 0 aromatic heterocycles. The molecule has 4 amide bonds. The minimum Gasteiger partial charge on any atom is -0.336 e. The predicted molar refractivity (Wildman–Crippen MR) is 113 cm³/mol. The Morgan fingerprint density at radius 1 is 0.871 bits per heavy atom. The van der Waals surface area contributed by atoms with Crippen molar-refractivity contribution in [1.29, 1.82) is 0 Å². The maximum atomic E-state index is 13.4. The lowest BCUT2D eigenvalue weighted by Gasteiger charge is -2.32. The Kier molecular flexibility index (Phi) is 5.50. The average Bonchev–Trinajstić information content (AvgIpc) is 3.09. The minimum absolute atomic E-state index is 0.0502. The van der Waals surface area contributed by atoms with Gasteiger partial charge >= 0.3 is 6.03 Å². The number of urea groups is 1. The number of anilines is 1. The fourth-order valence-corrected chi connectivity index (χ4v) is 5.19. The Balaban J connectivity index is 1.67. The highest BCUT2D eigenvalue weighted by molar-refractivity contribution is 7.90. The molecular weight excluding hydrogens is 420 g/mol. The Hall–Kier alpha value is -3.24. The van der Waals surface area contributed by atoms with Gasteiger partial charge in [0.2, 0.25) is 0 Å². The Morgan fingerprint density at radius 3 is 2.16 bits per heavy atom. The second-order valence-electron chi connectivity index (χ2n) is 7.46. The number of benzene rings is 2. The van der Waals surface area contributed by atoms with Crippen LogP contribution in [0.15, 0.2) is 59.5 Å². The van der Waals surface area contributed by atoms with Crippen LogP contribution in [0.3, 0.4) is 0 Å². The third-order valence-corrected chi connectivity index (χ3v) is 7.17. The molecule has 31 heavy (non-hydrogen) atoms. The predicted octanol–water partition coefficient (Wildman–Crippen LogP) is 1.23. The molecule has 2 saturated heterocycles. The summed E-state index contributed by atoms with van der Waals surface area (Å²) < 4.78 is 27.0. The topological polar surface area (TPSA) is 98.3 Å². The lowest BCUT2D eigenvalue weighted by atomic mass is 10.2. The van der Waals surface area contributed by atoms with E-state index in [1.54, 1.807) is 41.3 Å². The van der Waals surface area contributed by atoms with E-state index in [1.165, 1.54) is 18.2 Å². The number of sulfonamides is 1. The maximum Gasteiger partial charge on any atom is 0.346 e. The van der Waals surface area contributed by atoms with Crippen molar-refractivity contribution in [2.45, 2.75) is 4.90 Å². The molecule has 2 heterocycles. The number of para-hydroxylation sites is 1. The quantitative estimate of drug-likeness (QED) is 0.661. The smallest absolute Gasteiger partial charge is 0.336 e. The fourth-order valence-electron chi connectivity index (χ4n) is 3.68. The minimum atomic E-state index is -4.57. The molecule has 10 heteroatoms. The Labute approximate surface area is 180 Å². The summed E-state index contributed by atoms with van der Waals surface area (Å²) >= 11 is 0. The maximum absolute atomic E-state index is 13.4. The number of piperazine rings is 1. The van der Waals surface area contributed by atoms with Crippen LogP contribution in [0.4, 0.5) is 10.5 Å². The van der Waals surface area contributed by atoms with E-state index in [4.69, 9.17) is 0 Å². The van der Waals surface area contributed by atoms with Crippen LogP contribution in [0.5, 0.6) is 0 Å². The second-order valence-corrected chi connectivity index (χ2v) is 9.21. The first kappa shape index (κ1) is 21.0. The third kappa shape index (κ3) is 3.79. The van der Waals surface area contributed by atoms with E-state index in [9.17, 15) is 22.8 Å². The molecule has 9 nitrogen and oxygen atoms in total. The number of nitrogens with zero attached hydrogens (tertiary/aromatic N) is 4. The first-order valence-electron chi connectivity index (χ1n) is 9.82. The molecule has 0 spiro atoms. The van der Waals surface area contributed by atoms with Crippen molar-refractivity contribution in [1.82, 2.24) is 14.1 Å². The summed E-state index contributed by atoms with van der Waals surface area (Å²) in [5.41, 5.74) is 0.367. The third-order valence-electron chi connectivity index (χ3n) is 5.42. The van der Waals surface area contributed by atoms with Crippen LogP contribution < -0.4 is 4.90 Å². The standard InChI is InChI=1S/C21H22N4O5S/c1-22-11-13-23(14-12-22)20(27)17-9-5-6-10-18(17)31(29,30)25-19(26)15-24(21(25)28)16-7-3-2-4-8-16/h2-10H,11-15H2,1H3. The number of rotatable bonds is 4. The number of imide groups is 1. The molecule has 2 aliphatic rings. The van der Waals surface area contributed by atoms with Crippen LogP contribution in [-0.4, -0.2) is 80.1 Å². The van der Waals surface area contributed by atoms with Crippen molar-refractivity contribution in [2.24, 2.45) is 0 Å². The van der Waals surface area contributed by atoms with Gasteiger partial charge in [0.15, 0.2) is 0 Å². The van der Waals surface area contributed by atoms with Crippen molar-refractivity contribution in [2.75, 3.05) is 44.7 Å². The zero-order valence-electron chi connectivity index (χ0n) is 17.0. The monoisotopic (exact) mass is 442 g/mol. The molecule has 2 aliphatic heterocycles. The largest absolute Gasteiger partial charge is 0.346 e. The Bertz CT molecular complexity index is 1130. The van der Waals surface area contributed by atoms with Gasteiger partial charge in [-0.2, -0.15) is 0 Å². The summed E-state index contributed by atoms with van der Waals surface area (Å²) in [5.74, 6) is -1.30. The van der Waals surface area contributed by atoms with E-state index in [-0.39, 0.29) is 14.8 Å².